The minimum absolute atomic E-state index is 0.0175. The van der Waals surface area contributed by atoms with Crippen molar-refractivity contribution < 1.29 is 4.74 Å². The molecule has 0 radical (unpaired) electrons. The highest BCUT2D eigenvalue weighted by Gasteiger charge is 2.26. The average molecular weight is 414 g/mol. The molecule has 5 nitrogen and oxygen atoms in total. The van der Waals surface area contributed by atoms with E-state index in [4.69, 9.17) is 17.0 Å². The van der Waals surface area contributed by atoms with E-state index in [1.165, 1.54) is 18.4 Å². The largest absolute Gasteiger partial charge is 0.376 e. The standard InChI is InChI=1S/C23H31N3O2S/c1-15-9-10-16(2)21-20(15)12-17(22(27)25-21)14-26(18-6-3-4-7-18)23(29)24-13-19-8-5-11-28-19/h9-10,12,18-19H,3-8,11,13-14H2,1-2H3,(H,24,29)(H,25,27)/t19-/m1/s1. The van der Waals surface area contributed by atoms with Gasteiger partial charge in [0.1, 0.15) is 0 Å². The number of pyridine rings is 1. The normalized spacial score (nSPS) is 19.7. The zero-order valence-electron chi connectivity index (χ0n) is 17.4. The first-order chi connectivity index (χ1) is 14.0. The number of rotatable bonds is 5. The summed E-state index contributed by atoms with van der Waals surface area (Å²) in [6.07, 6.45) is 7.16. The lowest BCUT2D eigenvalue weighted by Gasteiger charge is -2.32. The fraction of sp³-hybridized carbons (Fsp3) is 0.565. The van der Waals surface area contributed by atoms with Crippen molar-refractivity contribution in [1.29, 1.82) is 0 Å². The van der Waals surface area contributed by atoms with Crippen LogP contribution in [0.1, 0.15) is 55.2 Å². The van der Waals surface area contributed by atoms with Crippen LogP contribution in [0.5, 0.6) is 0 Å². The van der Waals surface area contributed by atoms with Crippen molar-refractivity contribution in [2.45, 2.75) is 71.1 Å². The molecule has 1 atom stereocenters. The van der Waals surface area contributed by atoms with Crippen LogP contribution in [0.3, 0.4) is 0 Å². The minimum Gasteiger partial charge on any atom is -0.376 e. The van der Waals surface area contributed by atoms with Crippen LogP contribution in [-0.4, -0.2) is 40.3 Å². The summed E-state index contributed by atoms with van der Waals surface area (Å²) in [4.78, 5) is 18.2. The van der Waals surface area contributed by atoms with Crippen molar-refractivity contribution in [3.63, 3.8) is 0 Å². The molecule has 6 heteroatoms. The number of thiocarbonyl (C=S) groups is 1. The van der Waals surface area contributed by atoms with Crippen LogP contribution in [0.25, 0.3) is 10.9 Å². The van der Waals surface area contributed by atoms with Gasteiger partial charge in [0.25, 0.3) is 5.56 Å². The van der Waals surface area contributed by atoms with Gasteiger partial charge in [0, 0.05) is 30.1 Å². The van der Waals surface area contributed by atoms with Gasteiger partial charge in [0.2, 0.25) is 0 Å². The maximum atomic E-state index is 12.9. The first-order valence-electron chi connectivity index (χ1n) is 10.8. The Bertz CT molecular complexity index is 943. The molecule has 2 fully saturated rings. The van der Waals surface area contributed by atoms with Crippen LogP contribution in [-0.2, 0) is 11.3 Å². The molecule has 0 bridgehead atoms. The predicted molar refractivity (Wildman–Crippen MR) is 121 cm³/mol. The van der Waals surface area contributed by atoms with Crippen LogP contribution < -0.4 is 10.9 Å². The molecule has 1 aliphatic heterocycles. The van der Waals surface area contributed by atoms with Gasteiger partial charge < -0.3 is 19.9 Å². The molecular formula is C23H31N3O2S. The highest BCUT2D eigenvalue weighted by atomic mass is 32.1. The zero-order chi connectivity index (χ0) is 20.4. The number of aryl methyl sites for hydroxylation is 2. The molecular weight excluding hydrogens is 382 g/mol. The highest BCUT2D eigenvalue weighted by molar-refractivity contribution is 7.80. The number of aromatic amines is 1. The summed E-state index contributed by atoms with van der Waals surface area (Å²) in [7, 11) is 0. The second kappa shape index (κ2) is 8.84. The molecule has 1 aromatic heterocycles. The molecule has 1 saturated heterocycles. The van der Waals surface area contributed by atoms with E-state index in [0.717, 1.165) is 66.0 Å². The molecule has 2 aromatic rings. The molecule has 2 aliphatic rings. The lowest BCUT2D eigenvalue weighted by atomic mass is 10.0. The van der Waals surface area contributed by atoms with Crippen LogP contribution in [0.2, 0.25) is 0 Å². The van der Waals surface area contributed by atoms with E-state index < -0.39 is 0 Å². The van der Waals surface area contributed by atoms with E-state index in [9.17, 15) is 4.79 Å². The van der Waals surface area contributed by atoms with Crippen molar-refractivity contribution in [3.8, 4) is 0 Å². The maximum Gasteiger partial charge on any atom is 0.253 e. The lowest BCUT2D eigenvalue weighted by molar-refractivity contribution is 0.113. The molecule has 156 valence electrons. The second-order valence-electron chi connectivity index (χ2n) is 8.50. The summed E-state index contributed by atoms with van der Waals surface area (Å²) in [5.74, 6) is 0. The molecule has 1 aromatic carbocycles. The van der Waals surface area contributed by atoms with Gasteiger partial charge in [0.15, 0.2) is 5.11 Å². The minimum atomic E-state index is -0.0175. The van der Waals surface area contributed by atoms with Crippen molar-refractivity contribution >= 4 is 28.2 Å². The summed E-state index contributed by atoms with van der Waals surface area (Å²) in [5.41, 5.74) is 3.96. The second-order valence-corrected chi connectivity index (χ2v) is 8.89. The number of aromatic nitrogens is 1. The van der Waals surface area contributed by atoms with E-state index in [0.29, 0.717) is 12.6 Å². The summed E-state index contributed by atoms with van der Waals surface area (Å²) in [6.45, 7) is 6.25. The third-order valence-corrected chi connectivity index (χ3v) is 6.77. The summed E-state index contributed by atoms with van der Waals surface area (Å²) >= 11 is 5.78. The fourth-order valence-corrected chi connectivity index (χ4v) is 4.91. The number of nitrogens with zero attached hydrogens (tertiary/aromatic N) is 1. The van der Waals surface area contributed by atoms with Crippen molar-refractivity contribution in [1.82, 2.24) is 15.2 Å². The van der Waals surface area contributed by atoms with Crippen LogP contribution in [0.4, 0.5) is 0 Å². The Morgan fingerprint density at radius 1 is 1.21 bits per heavy atom. The summed E-state index contributed by atoms with van der Waals surface area (Å²) < 4.78 is 5.72. The molecule has 2 heterocycles. The van der Waals surface area contributed by atoms with Gasteiger partial charge in [-0.2, -0.15) is 0 Å². The topological polar surface area (TPSA) is 57.4 Å². The van der Waals surface area contributed by atoms with Crippen LogP contribution in [0.15, 0.2) is 23.0 Å². The molecule has 0 unspecified atom stereocenters. The smallest absolute Gasteiger partial charge is 0.253 e. The van der Waals surface area contributed by atoms with Crippen molar-refractivity contribution in [2.75, 3.05) is 13.2 Å². The van der Waals surface area contributed by atoms with E-state index >= 15 is 0 Å². The van der Waals surface area contributed by atoms with E-state index in [2.05, 4.69) is 40.3 Å². The molecule has 0 amide bonds. The number of benzene rings is 1. The van der Waals surface area contributed by atoms with E-state index in [1.807, 2.05) is 6.92 Å². The first-order valence-corrected chi connectivity index (χ1v) is 11.2. The third kappa shape index (κ3) is 4.48. The molecule has 2 N–H and O–H groups in total. The van der Waals surface area contributed by atoms with Gasteiger partial charge in [-0.1, -0.05) is 25.0 Å². The Morgan fingerprint density at radius 2 is 1.97 bits per heavy atom. The van der Waals surface area contributed by atoms with Gasteiger partial charge in [-0.3, -0.25) is 4.79 Å². The number of nitrogens with one attached hydrogen (secondary N) is 2. The van der Waals surface area contributed by atoms with Crippen LogP contribution >= 0.6 is 12.2 Å². The quantitative estimate of drug-likeness (QED) is 0.727. The number of fused-ring (bicyclic) bond motifs is 1. The predicted octanol–water partition coefficient (Wildman–Crippen LogP) is 3.94. The van der Waals surface area contributed by atoms with E-state index in [1.54, 1.807) is 0 Å². The van der Waals surface area contributed by atoms with Gasteiger partial charge in [-0.15, -0.1) is 0 Å². The molecule has 1 saturated carbocycles. The Kier molecular flexibility index (Phi) is 6.20. The summed E-state index contributed by atoms with van der Waals surface area (Å²) in [5, 5.41) is 5.28. The molecule has 29 heavy (non-hydrogen) atoms. The Labute approximate surface area is 177 Å². The Balaban J connectivity index is 1.58. The summed E-state index contributed by atoms with van der Waals surface area (Å²) in [6, 6.07) is 6.62. The lowest BCUT2D eigenvalue weighted by Crippen LogP contribution is -2.47. The Hall–Kier alpha value is -1.92. The van der Waals surface area contributed by atoms with E-state index in [-0.39, 0.29) is 11.7 Å². The maximum absolute atomic E-state index is 12.9. The van der Waals surface area contributed by atoms with Gasteiger partial charge in [-0.25, -0.2) is 0 Å². The highest BCUT2D eigenvalue weighted by Crippen LogP contribution is 2.26. The number of hydrogen-bond acceptors (Lipinski definition) is 3. The van der Waals surface area contributed by atoms with Crippen molar-refractivity contribution in [3.05, 3.63) is 45.2 Å². The monoisotopic (exact) mass is 413 g/mol. The van der Waals surface area contributed by atoms with Crippen molar-refractivity contribution in [2.24, 2.45) is 0 Å². The Morgan fingerprint density at radius 3 is 2.69 bits per heavy atom. The van der Waals surface area contributed by atoms with Gasteiger partial charge in [-0.05, 0) is 68.9 Å². The SMILES string of the molecule is Cc1ccc(C)c2[nH]c(=O)c(CN(C(=S)NC[C@H]3CCCO3)C3CCCC3)cc12. The average Bonchev–Trinajstić information content (AvgIpc) is 3.42. The molecule has 0 spiro atoms. The fourth-order valence-electron chi connectivity index (χ4n) is 4.61. The van der Waals surface area contributed by atoms with Gasteiger partial charge >= 0.3 is 0 Å². The van der Waals surface area contributed by atoms with Crippen LogP contribution in [0, 0.1) is 13.8 Å². The first kappa shape index (κ1) is 20.4. The molecule has 1 aliphatic carbocycles. The van der Waals surface area contributed by atoms with Gasteiger partial charge in [0.05, 0.1) is 18.2 Å². The molecule has 4 rings (SSSR count). The third-order valence-electron chi connectivity index (χ3n) is 6.39. The number of H-pyrrole nitrogens is 1. The number of ether oxygens (including phenoxy) is 1. The number of hydrogen-bond donors (Lipinski definition) is 2. The zero-order valence-corrected chi connectivity index (χ0v) is 18.2.